The Bertz CT molecular complexity index is 503. The molecule has 2 aromatic rings. The van der Waals surface area contributed by atoms with Gasteiger partial charge in [0.15, 0.2) is 0 Å². The predicted molar refractivity (Wildman–Crippen MR) is 63.5 cm³/mol. The van der Waals surface area contributed by atoms with E-state index in [4.69, 9.17) is 6.42 Å². The van der Waals surface area contributed by atoms with Crippen molar-refractivity contribution in [1.29, 1.82) is 0 Å². The van der Waals surface area contributed by atoms with Crippen molar-refractivity contribution in [2.75, 3.05) is 7.05 Å². The fourth-order valence-electron chi connectivity index (χ4n) is 1.87. The Morgan fingerprint density at radius 3 is 3.00 bits per heavy atom. The molecule has 0 aliphatic rings. The molecule has 0 saturated heterocycles. The van der Waals surface area contributed by atoms with Crippen LogP contribution < -0.4 is 5.32 Å². The van der Waals surface area contributed by atoms with Crippen LogP contribution in [-0.2, 0) is 13.1 Å². The normalized spacial score (nSPS) is 10.4. The Morgan fingerprint density at radius 2 is 2.27 bits per heavy atom. The van der Waals surface area contributed by atoms with Gasteiger partial charge in [0.25, 0.3) is 0 Å². The van der Waals surface area contributed by atoms with Crippen molar-refractivity contribution in [3.8, 4) is 12.3 Å². The summed E-state index contributed by atoms with van der Waals surface area (Å²) in [6.45, 7) is 1.52. The van der Waals surface area contributed by atoms with Gasteiger partial charge in [-0.25, -0.2) is 0 Å². The zero-order valence-corrected chi connectivity index (χ0v) is 8.83. The van der Waals surface area contributed by atoms with Crippen LogP contribution in [0.15, 0.2) is 30.5 Å². The highest BCUT2D eigenvalue weighted by Gasteiger charge is 2.03. The Kier molecular flexibility index (Phi) is 2.75. The smallest absolute Gasteiger partial charge is 0.0834 e. The lowest BCUT2D eigenvalue weighted by atomic mass is 10.1. The quantitative estimate of drug-likeness (QED) is 0.746. The number of hydrogen-bond donors (Lipinski definition) is 1. The molecule has 0 fully saturated rings. The summed E-state index contributed by atoms with van der Waals surface area (Å²) < 4.78 is 2.09. The average molecular weight is 198 g/mol. The lowest BCUT2D eigenvalue weighted by molar-refractivity contribution is 0.823. The lowest BCUT2D eigenvalue weighted by Gasteiger charge is -2.04. The van der Waals surface area contributed by atoms with E-state index in [0.29, 0.717) is 6.54 Å². The van der Waals surface area contributed by atoms with Crippen molar-refractivity contribution in [1.82, 2.24) is 9.88 Å². The molecule has 0 saturated carbocycles. The number of nitrogens with one attached hydrogen (secondary N) is 1. The van der Waals surface area contributed by atoms with Gasteiger partial charge in [0.05, 0.1) is 6.54 Å². The second-order valence-electron chi connectivity index (χ2n) is 3.53. The van der Waals surface area contributed by atoms with E-state index in [1.54, 1.807) is 0 Å². The Morgan fingerprint density at radius 1 is 1.40 bits per heavy atom. The van der Waals surface area contributed by atoms with Crippen LogP contribution >= 0.6 is 0 Å². The van der Waals surface area contributed by atoms with E-state index < -0.39 is 0 Å². The summed E-state index contributed by atoms with van der Waals surface area (Å²) in [5, 5.41) is 4.45. The van der Waals surface area contributed by atoms with E-state index in [1.807, 2.05) is 13.2 Å². The van der Waals surface area contributed by atoms with Crippen molar-refractivity contribution < 1.29 is 0 Å². The maximum atomic E-state index is 5.32. The molecule has 0 amide bonds. The van der Waals surface area contributed by atoms with Crippen molar-refractivity contribution in [2.24, 2.45) is 0 Å². The number of benzene rings is 1. The molecule has 1 aromatic carbocycles. The van der Waals surface area contributed by atoms with Crippen molar-refractivity contribution in [3.63, 3.8) is 0 Å². The van der Waals surface area contributed by atoms with Gasteiger partial charge in [0.1, 0.15) is 0 Å². The van der Waals surface area contributed by atoms with Gasteiger partial charge >= 0.3 is 0 Å². The van der Waals surface area contributed by atoms with Crippen LogP contribution in [0.4, 0.5) is 0 Å². The van der Waals surface area contributed by atoms with Crippen molar-refractivity contribution in [3.05, 3.63) is 36.0 Å². The molecule has 2 heteroatoms. The highest BCUT2D eigenvalue weighted by atomic mass is 14.9. The lowest BCUT2D eigenvalue weighted by Crippen LogP contribution is -2.05. The summed E-state index contributed by atoms with van der Waals surface area (Å²) in [5.74, 6) is 2.66. The second kappa shape index (κ2) is 4.20. The fraction of sp³-hybridized carbons (Fsp3) is 0.231. The van der Waals surface area contributed by atoms with Gasteiger partial charge in [0, 0.05) is 23.6 Å². The summed E-state index contributed by atoms with van der Waals surface area (Å²) in [5.41, 5.74) is 2.52. The molecular formula is C13H14N2. The van der Waals surface area contributed by atoms with E-state index in [9.17, 15) is 0 Å². The van der Waals surface area contributed by atoms with Crippen LogP contribution in [-0.4, -0.2) is 11.6 Å². The van der Waals surface area contributed by atoms with Crippen molar-refractivity contribution >= 4 is 10.9 Å². The van der Waals surface area contributed by atoms with Crippen LogP contribution in [0.2, 0.25) is 0 Å². The first-order valence-corrected chi connectivity index (χ1v) is 5.01. The van der Waals surface area contributed by atoms with Crippen LogP contribution in [0, 0.1) is 12.3 Å². The van der Waals surface area contributed by atoms with E-state index in [2.05, 4.69) is 40.1 Å². The Labute approximate surface area is 89.9 Å². The largest absolute Gasteiger partial charge is 0.336 e. The van der Waals surface area contributed by atoms with Crippen LogP contribution in [0.5, 0.6) is 0 Å². The van der Waals surface area contributed by atoms with Gasteiger partial charge in [0.2, 0.25) is 0 Å². The average Bonchev–Trinajstić information content (AvgIpc) is 2.64. The monoisotopic (exact) mass is 198 g/mol. The molecule has 0 aliphatic carbocycles. The van der Waals surface area contributed by atoms with Gasteiger partial charge in [-0.2, -0.15) is 0 Å². The van der Waals surface area contributed by atoms with Crippen LogP contribution in [0.3, 0.4) is 0 Å². The molecule has 0 atom stereocenters. The molecule has 0 spiro atoms. The van der Waals surface area contributed by atoms with E-state index in [-0.39, 0.29) is 0 Å². The first-order chi connectivity index (χ1) is 7.36. The number of rotatable bonds is 3. The maximum absolute atomic E-state index is 5.32. The third-order valence-electron chi connectivity index (χ3n) is 2.53. The third-order valence-corrected chi connectivity index (χ3v) is 2.53. The van der Waals surface area contributed by atoms with Gasteiger partial charge in [-0.15, -0.1) is 6.42 Å². The Hall–Kier alpha value is -1.72. The summed E-state index contributed by atoms with van der Waals surface area (Å²) in [4.78, 5) is 0. The standard InChI is InChI=1S/C13H14N2/c1-3-8-15-9-7-12-11(10-14-2)5-4-6-13(12)15/h1,4-7,9,14H,8,10H2,2H3. The number of nitrogens with zero attached hydrogens (tertiary/aromatic N) is 1. The number of fused-ring (bicyclic) bond motifs is 1. The van der Waals surface area contributed by atoms with E-state index >= 15 is 0 Å². The summed E-state index contributed by atoms with van der Waals surface area (Å²) in [7, 11) is 1.96. The highest BCUT2D eigenvalue weighted by molar-refractivity contribution is 5.83. The third kappa shape index (κ3) is 1.74. The first kappa shape index (κ1) is 9.82. The predicted octanol–water partition coefficient (Wildman–Crippen LogP) is 1.99. The zero-order valence-electron chi connectivity index (χ0n) is 8.83. The Balaban J connectivity index is 2.54. The first-order valence-electron chi connectivity index (χ1n) is 5.01. The molecule has 1 N–H and O–H groups in total. The number of terminal acetylenes is 1. The van der Waals surface area contributed by atoms with Gasteiger partial charge in [-0.05, 0) is 24.7 Å². The molecule has 0 unspecified atom stereocenters. The summed E-state index contributed by atoms with van der Waals surface area (Å²) in [6.07, 6.45) is 7.37. The van der Waals surface area contributed by atoms with Gasteiger partial charge in [-0.1, -0.05) is 18.1 Å². The van der Waals surface area contributed by atoms with E-state index in [0.717, 1.165) is 6.54 Å². The van der Waals surface area contributed by atoms with Crippen molar-refractivity contribution in [2.45, 2.75) is 13.1 Å². The minimum atomic E-state index is 0.631. The van der Waals surface area contributed by atoms with Crippen LogP contribution in [0.1, 0.15) is 5.56 Å². The molecule has 0 radical (unpaired) electrons. The molecule has 0 aliphatic heterocycles. The fourth-order valence-corrected chi connectivity index (χ4v) is 1.87. The molecule has 76 valence electrons. The zero-order chi connectivity index (χ0) is 10.7. The summed E-state index contributed by atoms with van der Waals surface area (Å²) >= 11 is 0. The molecule has 0 bridgehead atoms. The molecule has 15 heavy (non-hydrogen) atoms. The molecule has 2 rings (SSSR count). The minimum Gasteiger partial charge on any atom is -0.336 e. The number of hydrogen-bond acceptors (Lipinski definition) is 1. The maximum Gasteiger partial charge on any atom is 0.0834 e. The van der Waals surface area contributed by atoms with Gasteiger partial charge < -0.3 is 9.88 Å². The van der Waals surface area contributed by atoms with Gasteiger partial charge in [-0.3, -0.25) is 0 Å². The summed E-state index contributed by atoms with van der Waals surface area (Å²) in [6, 6.07) is 8.44. The van der Waals surface area contributed by atoms with E-state index in [1.165, 1.54) is 16.5 Å². The topological polar surface area (TPSA) is 17.0 Å². The SMILES string of the molecule is C#CCn1ccc2c(CNC)cccc21. The minimum absolute atomic E-state index is 0.631. The highest BCUT2D eigenvalue weighted by Crippen LogP contribution is 2.19. The molecule has 2 nitrogen and oxygen atoms in total. The molecular weight excluding hydrogens is 184 g/mol. The second-order valence-corrected chi connectivity index (χ2v) is 3.53. The van der Waals surface area contributed by atoms with Crippen LogP contribution in [0.25, 0.3) is 10.9 Å². The molecule has 1 heterocycles. The number of aromatic nitrogens is 1. The molecule has 1 aromatic heterocycles.